The van der Waals surface area contributed by atoms with Crippen molar-refractivity contribution in [3.8, 4) is 0 Å². The summed E-state index contributed by atoms with van der Waals surface area (Å²) in [7, 11) is 4.22. The molecule has 0 amide bonds. The highest BCUT2D eigenvalue weighted by Crippen LogP contribution is 2.20. The zero-order valence-electron chi connectivity index (χ0n) is 13.7. The quantitative estimate of drug-likeness (QED) is 0.744. The lowest BCUT2D eigenvalue weighted by molar-refractivity contribution is 0.158. The van der Waals surface area contributed by atoms with Crippen LogP contribution < -0.4 is 5.73 Å². The summed E-state index contributed by atoms with van der Waals surface area (Å²) >= 11 is 0. The van der Waals surface area contributed by atoms with Crippen LogP contribution in [0, 0.1) is 5.92 Å². The van der Waals surface area contributed by atoms with Crippen LogP contribution in [0.3, 0.4) is 0 Å². The van der Waals surface area contributed by atoms with Crippen molar-refractivity contribution < 1.29 is 0 Å². The van der Waals surface area contributed by atoms with Gasteiger partial charge in [0.25, 0.3) is 0 Å². The molecule has 116 valence electrons. The molecule has 1 unspecified atom stereocenters. The molecule has 5 nitrogen and oxygen atoms in total. The van der Waals surface area contributed by atoms with Gasteiger partial charge in [-0.05, 0) is 26.9 Å². The molecule has 0 aliphatic rings. The molecule has 1 heterocycles. The number of nitrogens with two attached hydrogens (primary N) is 1. The maximum absolute atomic E-state index is 6.07. The zero-order valence-corrected chi connectivity index (χ0v) is 13.7. The molecule has 1 rings (SSSR count). The number of imidazole rings is 1. The lowest BCUT2D eigenvalue weighted by Gasteiger charge is -2.33. The monoisotopic (exact) mass is 281 g/mol. The highest BCUT2D eigenvalue weighted by atomic mass is 15.2. The van der Waals surface area contributed by atoms with Crippen LogP contribution in [0.15, 0.2) is 12.5 Å². The molecule has 1 aromatic heterocycles. The fourth-order valence-electron chi connectivity index (χ4n) is 2.50. The molecule has 0 bridgehead atoms. The van der Waals surface area contributed by atoms with Crippen molar-refractivity contribution in [1.82, 2.24) is 19.4 Å². The highest BCUT2D eigenvalue weighted by Gasteiger charge is 2.22. The summed E-state index contributed by atoms with van der Waals surface area (Å²) < 4.78 is 2.19. The third kappa shape index (κ3) is 4.89. The highest BCUT2D eigenvalue weighted by molar-refractivity contribution is 5.06. The lowest BCUT2D eigenvalue weighted by Crippen LogP contribution is -2.41. The Hall–Kier alpha value is -0.910. The second kappa shape index (κ2) is 8.39. The maximum Gasteiger partial charge on any atom is 0.0948 e. The summed E-state index contributed by atoms with van der Waals surface area (Å²) in [5.41, 5.74) is 7.31. The van der Waals surface area contributed by atoms with Gasteiger partial charge in [-0.1, -0.05) is 13.8 Å². The molecule has 0 aliphatic heterocycles. The van der Waals surface area contributed by atoms with Crippen LogP contribution >= 0.6 is 0 Å². The van der Waals surface area contributed by atoms with E-state index in [1.54, 1.807) is 0 Å². The number of rotatable bonds is 9. The van der Waals surface area contributed by atoms with E-state index in [9.17, 15) is 0 Å². The number of aromatic nitrogens is 2. The van der Waals surface area contributed by atoms with Crippen LogP contribution in [0.2, 0.25) is 0 Å². The molecular weight excluding hydrogens is 250 g/mol. The van der Waals surface area contributed by atoms with Gasteiger partial charge in [0.05, 0.1) is 18.1 Å². The van der Waals surface area contributed by atoms with Gasteiger partial charge in [0.15, 0.2) is 0 Å². The van der Waals surface area contributed by atoms with Crippen molar-refractivity contribution in [3.05, 3.63) is 18.2 Å². The Balaban J connectivity index is 2.89. The van der Waals surface area contributed by atoms with Gasteiger partial charge in [0.2, 0.25) is 0 Å². The summed E-state index contributed by atoms with van der Waals surface area (Å²) in [5.74, 6) is 0.629. The minimum Gasteiger partial charge on any atom is -0.333 e. The first-order chi connectivity index (χ1) is 9.49. The Morgan fingerprint density at radius 2 is 2.00 bits per heavy atom. The van der Waals surface area contributed by atoms with Gasteiger partial charge in [0, 0.05) is 38.9 Å². The molecule has 1 atom stereocenters. The van der Waals surface area contributed by atoms with E-state index in [2.05, 4.69) is 54.2 Å². The molecule has 0 aliphatic carbocycles. The third-order valence-electron chi connectivity index (χ3n) is 3.52. The van der Waals surface area contributed by atoms with E-state index < -0.39 is 0 Å². The summed E-state index contributed by atoms with van der Waals surface area (Å²) in [6.07, 6.45) is 3.86. The van der Waals surface area contributed by atoms with Crippen LogP contribution in [0.5, 0.6) is 0 Å². The summed E-state index contributed by atoms with van der Waals surface area (Å²) in [6, 6.07) is 0.250. The second-order valence-electron chi connectivity index (χ2n) is 6.05. The average Bonchev–Trinajstić information content (AvgIpc) is 2.84. The van der Waals surface area contributed by atoms with Gasteiger partial charge in [0.1, 0.15) is 0 Å². The van der Waals surface area contributed by atoms with Crippen molar-refractivity contribution in [2.45, 2.75) is 33.4 Å². The standard InChI is InChI=1S/C15H31N5/c1-6-19-12-17-10-15(19)14(9-16)20(11-13(2)3)8-7-18(4)5/h10,12-14H,6-9,11,16H2,1-5H3. The molecule has 5 heteroatoms. The number of nitrogens with zero attached hydrogens (tertiary/aromatic N) is 4. The summed E-state index contributed by atoms with van der Waals surface area (Å²) in [5, 5.41) is 0. The first-order valence-electron chi connectivity index (χ1n) is 7.58. The van der Waals surface area contributed by atoms with Crippen LogP contribution in [-0.2, 0) is 6.54 Å². The van der Waals surface area contributed by atoms with Gasteiger partial charge in [-0.15, -0.1) is 0 Å². The van der Waals surface area contributed by atoms with E-state index in [0.29, 0.717) is 12.5 Å². The van der Waals surface area contributed by atoms with E-state index in [1.807, 2.05) is 12.5 Å². The van der Waals surface area contributed by atoms with Crippen LogP contribution in [0.1, 0.15) is 32.5 Å². The minimum atomic E-state index is 0.250. The molecule has 2 N–H and O–H groups in total. The lowest BCUT2D eigenvalue weighted by atomic mass is 10.1. The van der Waals surface area contributed by atoms with E-state index in [1.165, 1.54) is 5.69 Å². The smallest absolute Gasteiger partial charge is 0.0948 e. The SMILES string of the molecule is CCn1cncc1C(CN)N(CCN(C)C)CC(C)C. The van der Waals surface area contributed by atoms with Gasteiger partial charge >= 0.3 is 0 Å². The van der Waals surface area contributed by atoms with Crippen molar-refractivity contribution in [1.29, 1.82) is 0 Å². The fraction of sp³-hybridized carbons (Fsp3) is 0.800. The Morgan fingerprint density at radius 3 is 2.50 bits per heavy atom. The Kier molecular flexibility index (Phi) is 7.19. The first kappa shape index (κ1) is 17.1. The Bertz CT molecular complexity index is 372. The van der Waals surface area contributed by atoms with Crippen LogP contribution in [0.25, 0.3) is 0 Å². The van der Waals surface area contributed by atoms with Crippen molar-refractivity contribution in [2.24, 2.45) is 11.7 Å². The summed E-state index contributed by atoms with van der Waals surface area (Å²) in [6.45, 7) is 11.4. The number of hydrogen-bond donors (Lipinski definition) is 1. The van der Waals surface area contributed by atoms with Crippen molar-refractivity contribution in [2.75, 3.05) is 40.3 Å². The predicted molar refractivity (Wildman–Crippen MR) is 84.7 cm³/mol. The van der Waals surface area contributed by atoms with Crippen molar-refractivity contribution in [3.63, 3.8) is 0 Å². The van der Waals surface area contributed by atoms with E-state index in [-0.39, 0.29) is 6.04 Å². The summed E-state index contributed by atoms with van der Waals surface area (Å²) in [4.78, 5) is 9.00. The maximum atomic E-state index is 6.07. The van der Waals surface area contributed by atoms with Gasteiger partial charge in [-0.2, -0.15) is 0 Å². The third-order valence-corrected chi connectivity index (χ3v) is 3.52. The van der Waals surface area contributed by atoms with Crippen LogP contribution in [0.4, 0.5) is 0 Å². The molecular formula is C15H31N5. The number of hydrogen-bond acceptors (Lipinski definition) is 4. The van der Waals surface area contributed by atoms with Crippen LogP contribution in [-0.4, -0.2) is 59.6 Å². The zero-order chi connectivity index (χ0) is 15.1. The molecule has 0 saturated carbocycles. The molecule has 0 saturated heterocycles. The number of likely N-dealkylation sites (N-methyl/N-ethyl adjacent to an activating group) is 1. The van der Waals surface area contributed by atoms with Gasteiger partial charge < -0.3 is 15.2 Å². The molecule has 20 heavy (non-hydrogen) atoms. The Labute approximate surface area is 123 Å². The van der Waals surface area contributed by atoms with Gasteiger partial charge in [-0.3, -0.25) is 4.90 Å². The average molecular weight is 281 g/mol. The van der Waals surface area contributed by atoms with E-state index in [0.717, 1.165) is 26.2 Å². The molecule has 0 aromatic carbocycles. The Morgan fingerprint density at radius 1 is 1.30 bits per heavy atom. The molecule has 1 aromatic rings. The first-order valence-corrected chi connectivity index (χ1v) is 7.58. The van der Waals surface area contributed by atoms with E-state index in [4.69, 9.17) is 5.73 Å². The van der Waals surface area contributed by atoms with E-state index >= 15 is 0 Å². The topological polar surface area (TPSA) is 50.3 Å². The molecule has 0 radical (unpaired) electrons. The number of aryl methyl sites for hydroxylation is 1. The largest absolute Gasteiger partial charge is 0.333 e. The normalized spacial score (nSPS) is 13.7. The van der Waals surface area contributed by atoms with Crippen molar-refractivity contribution >= 4 is 0 Å². The van der Waals surface area contributed by atoms with Gasteiger partial charge in [-0.25, -0.2) is 4.98 Å². The predicted octanol–water partition coefficient (Wildman–Crippen LogP) is 1.42. The molecule has 0 spiro atoms. The molecule has 0 fully saturated rings. The fourth-order valence-corrected chi connectivity index (χ4v) is 2.50. The minimum absolute atomic E-state index is 0.250. The second-order valence-corrected chi connectivity index (χ2v) is 6.05.